The monoisotopic (exact) mass is 331 g/mol. The Morgan fingerprint density at radius 2 is 1.96 bits per heavy atom. The van der Waals surface area contributed by atoms with Crippen molar-refractivity contribution in [2.75, 3.05) is 13.7 Å². The summed E-state index contributed by atoms with van der Waals surface area (Å²) in [5.74, 6) is -0.463. The Labute approximate surface area is 140 Å². The number of carboxylic acids is 1. The average molecular weight is 331 g/mol. The predicted octanol–water partition coefficient (Wildman–Crippen LogP) is 1.47. The van der Waals surface area contributed by atoms with E-state index in [1.807, 2.05) is 25.4 Å². The minimum atomic E-state index is -1.02. The smallest absolute Gasteiger partial charge is 0.341 e. The summed E-state index contributed by atoms with van der Waals surface area (Å²) < 4.78 is 6.80. The van der Waals surface area contributed by atoms with Crippen LogP contribution in [0.15, 0.2) is 36.7 Å². The van der Waals surface area contributed by atoms with Crippen LogP contribution in [-0.2, 0) is 29.6 Å². The molecule has 7 heteroatoms. The first-order valence-electron chi connectivity index (χ1n) is 7.59. The standard InChI is InChI=1S/C17H21N3O4/c1-19(16(21)8-5-14-9-18-20(2)11-14)10-13-3-6-15(7-4-13)24-12-17(22)23/h3-4,6-7,9,11H,5,8,10,12H2,1-2H3,(H,22,23). The van der Waals surface area contributed by atoms with Crippen molar-refractivity contribution in [3.8, 4) is 5.75 Å². The van der Waals surface area contributed by atoms with Crippen molar-refractivity contribution in [2.24, 2.45) is 7.05 Å². The zero-order chi connectivity index (χ0) is 17.5. The first-order valence-corrected chi connectivity index (χ1v) is 7.59. The first-order chi connectivity index (χ1) is 11.4. The maximum absolute atomic E-state index is 12.2. The van der Waals surface area contributed by atoms with Gasteiger partial charge >= 0.3 is 5.97 Å². The zero-order valence-corrected chi connectivity index (χ0v) is 13.8. The maximum atomic E-state index is 12.2. The number of benzene rings is 1. The molecule has 1 aromatic heterocycles. The van der Waals surface area contributed by atoms with Gasteiger partial charge in [-0.25, -0.2) is 4.79 Å². The lowest BCUT2D eigenvalue weighted by Gasteiger charge is -2.17. The van der Waals surface area contributed by atoms with Gasteiger partial charge in [-0.05, 0) is 29.7 Å². The highest BCUT2D eigenvalue weighted by Gasteiger charge is 2.10. The lowest BCUT2D eigenvalue weighted by Crippen LogP contribution is -2.26. The highest BCUT2D eigenvalue weighted by atomic mass is 16.5. The molecule has 0 atom stereocenters. The van der Waals surface area contributed by atoms with Gasteiger partial charge in [0.05, 0.1) is 6.20 Å². The van der Waals surface area contributed by atoms with Gasteiger partial charge in [0.1, 0.15) is 5.75 Å². The third-order valence-electron chi connectivity index (χ3n) is 3.52. The third kappa shape index (κ3) is 5.42. The quantitative estimate of drug-likeness (QED) is 0.792. The Bertz CT molecular complexity index is 694. The van der Waals surface area contributed by atoms with Gasteiger partial charge in [-0.2, -0.15) is 5.10 Å². The predicted molar refractivity (Wildman–Crippen MR) is 87.6 cm³/mol. The van der Waals surface area contributed by atoms with Crippen molar-refractivity contribution < 1.29 is 19.4 Å². The summed E-state index contributed by atoms with van der Waals surface area (Å²) in [5, 5.41) is 12.7. The molecule has 1 heterocycles. The normalized spacial score (nSPS) is 10.4. The van der Waals surface area contributed by atoms with Gasteiger partial charge in [-0.3, -0.25) is 9.48 Å². The van der Waals surface area contributed by atoms with Crippen LogP contribution in [0.5, 0.6) is 5.75 Å². The summed E-state index contributed by atoms with van der Waals surface area (Å²) >= 11 is 0. The van der Waals surface area contributed by atoms with Crippen molar-refractivity contribution in [3.63, 3.8) is 0 Å². The molecule has 1 amide bonds. The number of hydrogen-bond acceptors (Lipinski definition) is 4. The number of aliphatic carboxylic acids is 1. The van der Waals surface area contributed by atoms with Crippen LogP contribution in [0.2, 0.25) is 0 Å². The molecular weight excluding hydrogens is 310 g/mol. The van der Waals surface area contributed by atoms with Crippen LogP contribution in [0.1, 0.15) is 17.5 Å². The fourth-order valence-electron chi connectivity index (χ4n) is 2.24. The molecule has 7 nitrogen and oxygen atoms in total. The lowest BCUT2D eigenvalue weighted by atomic mass is 10.1. The Hall–Kier alpha value is -2.83. The van der Waals surface area contributed by atoms with Gasteiger partial charge in [-0.15, -0.1) is 0 Å². The van der Waals surface area contributed by atoms with E-state index in [0.717, 1.165) is 11.1 Å². The molecule has 0 saturated carbocycles. The summed E-state index contributed by atoms with van der Waals surface area (Å²) in [7, 11) is 3.61. The largest absolute Gasteiger partial charge is 0.482 e. The number of carboxylic acid groups (broad SMARTS) is 1. The van der Waals surface area contributed by atoms with Gasteiger partial charge in [0.15, 0.2) is 6.61 Å². The Morgan fingerprint density at radius 3 is 2.54 bits per heavy atom. The molecule has 0 fully saturated rings. The van der Waals surface area contributed by atoms with Crippen molar-refractivity contribution in [3.05, 3.63) is 47.8 Å². The van der Waals surface area contributed by atoms with Gasteiger partial charge < -0.3 is 14.7 Å². The van der Waals surface area contributed by atoms with Crippen LogP contribution in [-0.4, -0.2) is 45.3 Å². The molecule has 0 radical (unpaired) electrons. The molecule has 24 heavy (non-hydrogen) atoms. The summed E-state index contributed by atoms with van der Waals surface area (Å²) in [4.78, 5) is 24.3. The Balaban J connectivity index is 1.81. The van der Waals surface area contributed by atoms with E-state index >= 15 is 0 Å². The molecular formula is C17H21N3O4. The van der Waals surface area contributed by atoms with Gasteiger partial charge in [0.25, 0.3) is 0 Å². The van der Waals surface area contributed by atoms with Gasteiger partial charge in [0.2, 0.25) is 5.91 Å². The molecule has 0 aliphatic heterocycles. The van der Waals surface area contributed by atoms with E-state index in [1.165, 1.54) is 0 Å². The third-order valence-corrected chi connectivity index (χ3v) is 3.52. The second kappa shape index (κ2) is 8.14. The molecule has 2 aromatic rings. The molecule has 0 saturated heterocycles. The number of hydrogen-bond donors (Lipinski definition) is 1. The first kappa shape index (κ1) is 17.5. The fourth-order valence-corrected chi connectivity index (χ4v) is 2.24. The molecule has 0 aliphatic carbocycles. The second-order valence-corrected chi connectivity index (χ2v) is 5.60. The van der Waals surface area contributed by atoms with E-state index in [9.17, 15) is 9.59 Å². The van der Waals surface area contributed by atoms with E-state index in [-0.39, 0.29) is 12.5 Å². The van der Waals surface area contributed by atoms with Crippen molar-refractivity contribution in [1.82, 2.24) is 14.7 Å². The Kier molecular flexibility index (Phi) is 5.95. The van der Waals surface area contributed by atoms with Crippen molar-refractivity contribution >= 4 is 11.9 Å². The summed E-state index contributed by atoms with van der Waals surface area (Å²) in [6.45, 7) is 0.122. The van der Waals surface area contributed by atoms with Crippen LogP contribution in [0.4, 0.5) is 0 Å². The SMILES string of the molecule is CN(Cc1ccc(OCC(=O)O)cc1)C(=O)CCc1cnn(C)c1. The fraction of sp³-hybridized carbons (Fsp3) is 0.353. The number of amides is 1. The van der Waals surface area contributed by atoms with Crippen LogP contribution < -0.4 is 4.74 Å². The van der Waals surface area contributed by atoms with Crippen LogP contribution >= 0.6 is 0 Å². The topological polar surface area (TPSA) is 84.7 Å². The Morgan fingerprint density at radius 1 is 1.25 bits per heavy atom. The van der Waals surface area contributed by atoms with Crippen LogP contribution in [0.25, 0.3) is 0 Å². The van der Waals surface area contributed by atoms with Crippen LogP contribution in [0, 0.1) is 0 Å². The molecule has 2 rings (SSSR count). The minimum absolute atomic E-state index is 0.0602. The zero-order valence-electron chi connectivity index (χ0n) is 13.8. The molecule has 0 aliphatic rings. The number of aryl methyl sites for hydroxylation is 2. The minimum Gasteiger partial charge on any atom is -0.482 e. The average Bonchev–Trinajstić information content (AvgIpc) is 2.97. The number of carbonyl (C=O) groups is 2. The van der Waals surface area contributed by atoms with Gasteiger partial charge in [0, 0.05) is 33.3 Å². The van der Waals surface area contributed by atoms with E-state index in [0.29, 0.717) is 25.1 Å². The molecule has 128 valence electrons. The number of carbonyl (C=O) groups excluding carboxylic acids is 1. The highest BCUT2D eigenvalue weighted by molar-refractivity contribution is 5.76. The molecule has 0 unspecified atom stereocenters. The number of nitrogens with zero attached hydrogens (tertiary/aromatic N) is 3. The maximum Gasteiger partial charge on any atom is 0.341 e. The number of ether oxygens (including phenoxy) is 1. The number of aromatic nitrogens is 2. The number of rotatable bonds is 8. The summed E-state index contributed by atoms with van der Waals surface area (Å²) in [6, 6.07) is 7.04. The van der Waals surface area contributed by atoms with Crippen molar-refractivity contribution in [2.45, 2.75) is 19.4 Å². The van der Waals surface area contributed by atoms with E-state index in [1.54, 1.807) is 35.0 Å². The second-order valence-electron chi connectivity index (χ2n) is 5.60. The van der Waals surface area contributed by atoms with E-state index in [2.05, 4.69) is 5.10 Å². The molecule has 1 N–H and O–H groups in total. The highest BCUT2D eigenvalue weighted by Crippen LogP contribution is 2.14. The van der Waals surface area contributed by atoms with Gasteiger partial charge in [-0.1, -0.05) is 12.1 Å². The van der Waals surface area contributed by atoms with Crippen LogP contribution in [0.3, 0.4) is 0 Å². The molecule has 1 aromatic carbocycles. The van der Waals surface area contributed by atoms with E-state index < -0.39 is 5.97 Å². The molecule has 0 spiro atoms. The summed E-state index contributed by atoms with van der Waals surface area (Å²) in [5.41, 5.74) is 1.99. The van der Waals surface area contributed by atoms with E-state index in [4.69, 9.17) is 9.84 Å². The lowest BCUT2D eigenvalue weighted by molar-refractivity contribution is -0.139. The summed E-state index contributed by atoms with van der Waals surface area (Å²) in [6.07, 6.45) is 4.77. The van der Waals surface area contributed by atoms with Crippen molar-refractivity contribution in [1.29, 1.82) is 0 Å². The molecule has 0 bridgehead atoms.